The fourth-order valence-corrected chi connectivity index (χ4v) is 2.10. The Labute approximate surface area is 127 Å². The maximum atomic E-state index is 12.3. The Kier molecular flexibility index (Phi) is 6.51. The third-order valence-corrected chi connectivity index (χ3v) is 3.48. The molecule has 0 aliphatic rings. The van der Waals surface area contributed by atoms with Crippen molar-refractivity contribution in [2.24, 2.45) is 10.9 Å². The number of halogens is 1. The molecular formula is C14H20BrN3O2. The summed E-state index contributed by atoms with van der Waals surface area (Å²) >= 11 is 3.37. The lowest BCUT2D eigenvalue weighted by Crippen LogP contribution is -2.40. The van der Waals surface area contributed by atoms with Gasteiger partial charge in [-0.15, -0.1) is 0 Å². The number of nitrogens with zero attached hydrogens (tertiary/aromatic N) is 2. The van der Waals surface area contributed by atoms with E-state index in [1.807, 2.05) is 38.1 Å². The van der Waals surface area contributed by atoms with Gasteiger partial charge in [-0.2, -0.15) is 0 Å². The van der Waals surface area contributed by atoms with Gasteiger partial charge in [0.25, 0.3) is 0 Å². The molecule has 0 radical (unpaired) electrons. The first-order valence-corrected chi connectivity index (χ1v) is 7.23. The quantitative estimate of drug-likeness (QED) is 0.361. The molecule has 0 atom stereocenters. The van der Waals surface area contributed by atoms with E-state index in [0.717, 1.165) is 10.0 Å². The van der Waals surface area contributed by atoms with Gasteiger partial charge in [-0.25, -0.2) is 0 Å². The first-order valence-electron chi connectivity index (χ1n) is 6.44. The Morgan fingerprint density at radius 2 is 2.00 bits per heavy atom. The second kappa shape index (κ2) is 7.89. The molecule has 6 heteroatoms. The van der Waals surface area contributed by atoms with E-state index in [1.54, 1.807) is 4.90 Å². The smallest absolute Gasteiger partial charge is 0.227 e. The summed E-state index contributed by atoms with van der Waals surface area (Å²) in [5.74, 6) is 0.167. The Morgan fingerprint density at radius 3 is 2.50 bits per heavy atom. The summed E-state index contributed by atoms with van der Waals surface area (Å²) in [5.41, 5.74) is 6.41. The van der Waals surface area contributed by atoms with Crippen molar-refractivity contribution in [3.63, 3.8) is 0 Å². The van der Waals surface area contributed by atoms with Gasteiger partial charge in [0.2, 0.25) is 5.91 Å². The number of benzene rings is 1. The number of amidine groups is 1. The van der Waals surface area contributed by atoms with E-state index in [-0.39, 0.29) is 17.8 Å². The Morgan fingerprint density at radius 1 is 1.40 bits per heavy atom. The first kappa shape index (κ1) is 16.5. The largest absolute Gasteiger partial charge is 0.409 e. The van der Waals surface area contributed by atoms with Crippen LogP contribution >= 0.6 is 15.9 Å². The monoisotopic (exact) mass is 341 g/mol. The van der Waals surface area contributed by atoms with Crippen LogP contribution in [0.3, 0.4) is 0 Å². The van der Waals surface area contributed by atoms with Crippen molar-refractivity contribution in [1.29, 1.82) is 0 Å². The number of carbonyl (C=O) groups is 1. The van der Waals surface area contributed by atoms with Crippen LogP contribution in [0.2, 0.25) is 0 Å². The van der Waals surface area contributed by atoms with Gasteiger partial charge in [-0.3, -0.25) is 4.79 Å². The number of nitrogens with two attached hydrogens (primary N) is 1. The van der Waals surface area contributed by atoms with Crippen molar-refractivity contribution in [3.05, 3.63) is 34.3 Å². The zero-order valence-electron chi connectivity index (χ0n) is 11.7. The van der Waals surface area contributed by atoms with Gasteiger partial charge in [0.05, 0.1) is 6.42 Å². The lowest BCUT2D eigenvalue weighted by Gasteiger charge is -2.26. The molecule has 0 unspecified atom stereocenters. The van der Waals surface area contributed by atoms with Crippen molar-refractivity contribution in [2.75, 3.05) is 6.54 Å². The minimum Gasteiger partial charge on any atom is -0.409 e. The summed E-state index contributed by atoms with van der Waals surface area (Å²) in [5, 5.41) is 11.5. The maximum Gasteiger partial charge on any atom is 0.227 e. The minimum atomic E-state index is 0.0352. The average molecular weight is 342 g/mol. The molecule has 0 aliphatic heterocycles. The van der Waals surface area contributed by atoms with Gasteiger partial charge in [0, 0.05) is 23.5 Å². The number of carbonyl (C=O) groups excluding carboxylic acids is 1. The molecule has 0 bridgehead atoms. The van der Waals surface area contributed by atoms with Crippen molar-refractivity contribution in [3.8, 4) is 0 Å². The summed E-state index contributed by atoms with van der Waals surface area (Å²) in [6.45, 7) is 4.35. The number of hydrogen-bond acceptors (Lipinski definition) is 3. The molecule has 1 aromatic rings. The Balaban J connectivity index is 2.66. The molecule has 3 N–H and O–H groups in total. The summed E-state index contributed by atoms with van der Waals surface area (Å²) < 4.78 is 0.987. The van der Waals surface area contributed by atoms with E-state index >= 15 is 0 Å². The topological polar surface area (TPSA) is 78.9 Å². The van der Waals surface area contributed by atoms with E-state index in [4.69, 9.17) is 10.9 Å². The standard InChI is InChI=1S/C14H20BrN3O2/c1-10(2)18(8-7-13(16)17-20)14(19)9-11-3-5-12(15)6-4-11/h3-6,10,20H,7-9H2,1-2H3,(H2,16,17). The lowest BCUT2D eigenvalue weighted by atomic mass is 10.1. The first-order chi connectivity index (χ1) is 9.43. The van der Waals surface area contributed by atoms with Gasteiger partial charge < -0.3 is 15.8 Å². The maximum absolute atomic E-state index is 12.3. The summed E-state index contributed by atoms with van der Waals surface area (Å²) in [7, 11) is 0. The second-order valence-electron chi connectivity index (χ2n) is 4.83. The van der Waals surface area contributed by atoms with Gasteiger partial charge in [-0.1, -0.05) is 33.2 Å². The van der Waals surface area contributed by atoms with Crippen LogP contribution in [0.4, 0.5) is 0 Å². The molecule has 20 heavy (non-hydrogen) atoms. The lowest BCUT2D eigenvalue weighted by molar-refractivity contribution is -0.132. The molecular weight excluding hydrogens is 322 g/mol. The normalized spacial score (nSPS) is 11.7. The highest BCUT2D eigenvalue weighted by atomic mass is 79.9. The highest BCUT2D eigenvalue weighted by molar-refractivity contribution is 9.10. The van der Waals surface area contributed by atoms with Crippen LogP contribution < -0.4 is 5.73 Å². The predicted octanol–water partition coefficient (Wildman–Crippen LogP) is 2.37. The van der Waals surface area contributed by atoms with E-state index in [9.17, 15) is 4.79 Å². The van der Waals surface area contributed by atoms with Crippen molar-refractivity contribution in [1.82, 2.24) is 4.90 Å². The van der Waals surface area contributed by atoms with Crippen LogP contribution in [-0.4, -0.2) is 34.4 Å². The number of oxime groups is 1. The minimum absolute atomic E-state index is 0.0352. The Hall–Kier alpha value is -1.56. The van der Waals surface area contributed by atoms with Crippen LogP contribution in [-0.2, 0) is 11.2 Å². The van der Waals surface area contributed by atoms with Crippen molar-refractivity contribution < 1.29 is 10.0 Å². The molecule has 0 aromatic heterocycles. The third-order valence-electron chi connectivity index (χ3n) is 2.95. The van der Waals surface area contributed by atoms with Gasteiger partial charge in [0.15, 0.2) is 0 Å². The van der Waals surface area contributed by atoms with Crippen LogP contribution in [0, 0.1) is 0 Å². The second-order valence-corrected chi connectivity index (χ2v) is 5.74. The van der Waals surface area contributed by atoms with Gasteiger partial charge >= 0.3 is 0 Å². The number of rotatable bonds is 6. The summed E-state index contributed by atoms with van der Waals surface area (Å²) in [6.07, 6.45) is 0.711. The third kappa shape index (κ3) is 5.21. The van der Waals surface area contributed by atoms with Crippen LogP contribution in [0.5, 0.6) is 0 Å². The fourth-order valence-electron chi connectivity index (χ4n) is 1.83. The molecule has 0 heterocycles. The number of hydrogen-bond donors (Lipinski definition) is 2. The Bertz CT molecular complexity index is 472. The molecule has 0 saturated carbocycles. The van der Waals surface area contributed by atoms with Crippen LogP contribution in [0.1, 0.15) is 25.8 Å². The molecule has 1 rings (SSSR count). The van der Waals surface area contributed by atoms with Gasteiger partial charge in [-0.05, 0) is 31.5 Å². The number of amides is 1. The molecule has 110 valence electrons. The molecule has 0 spiro atoms. The van der Waals surface area contributed by atoms with E-state index in [1.165, 1.54) is 0 Å². The fraction of sp³-hybridized carbons (Fsp3) is 0.429. The van der Waals surface area contributed by atoms with Gasteiger partial charge in [0.1, 0.15) is 5.84 Å². The van der Waals surface area contributed by atoms with Crippen LogP contribution in [0.25, 0.3) is 0 Å². The predicted molar refractivity (Wildman–Crippen MR) is 82.7 cm³/mol. The molecule has 0 fully saturated rings. The SMILES string of the molecule is CC(C)N(CCC(N)=NO)C(=O)Cc1ccc(Br)cc1. The summed E-state index contributed by atoms with van der Waals surface area (Å²) in [4.78, 5) is 14.0. The van der Waals surface area contributed by atoms with E-state index in [0.29, 0.717) is 19.4 Å². The molecule has 0 aliphatic carbocycles. The zero-order chi connectivity index (χ0) is 15.1. The molecule has 1 amide bonds. The molecule has 5 nitrogen and oxygen atoms in total. The highest BCUT2D eigenvalue weighted by Crippen LogP contribution is 2.12. The van der Waals surface area contributed by atoms with Crippen LogP contribution in [0.15, 0.2) is 33.9 Å². The molecule has 0 saturated heterocycles. The van der Waals surface area contributed by atoms with Crippen molar-refractivity contribution in [2.45, 2.75) is 32.7 Å². The zero-order valence-corrected chi connectivity index (χ0v) is 13.3. The van der Waals surface area contributed by atoms with Crippen molar-refractivity contribution >= 4 is 27.7 Å². The van der Waals surface area contributed by atoms with E-state index < -0.39 is 0 Å². The van der Waals surface area contributed by atoms with E-state index in [2.05, 4.69) is 21.1 Å². The summed E-state index contributed by atoms with van der Waals surface area (Å²) in [6, 6.07) is 7.75. The average Bonchev–Trinajstić information content (AvgIpc) is 2.41. The highest BCUT2D eigenvalue weighted by Gasteiger charge is 2.17. The molecule has 1 aromatic carbocycles.